The Bertz CT molecular complexity index is 510. The number of nitrogens with one attached hydrogen (secondary N) is 1. The number of carbonyl (C=O) groups excluding carboxylic acids is 1. The molecule has 0 atom stereocenters. The lowest BCUT2D eigenvalue weighted by molar-refractivity contribution is -0.121. The molecule has 3 N–H and O–H groups in total. The molecule has 122 valence electrons. The van der Waals surface area contributed by atoms with E-state index in [0.29, 0.717) is 18.5 Å². The smallest absolute Gasteiger partial charge is 0.224 e. The van der Waals surface area contributed by atoms with Gasteiger partial charge in [0.1, 0.15) is 0 Å². The van der Waals surface area contributed by atoms with Crippen LogP contribution >= 0.6 is 12.4 Å². The predicted octanol–water partition coefficient (Wildman–Crippen LogP) is 2.92. The number of benzene rings is 1. The van der Waals surface area contributed by atoms with Crippen LogP contribution in [0.15, 0.2) is 18.2 Å². The third-order valence-electron chi connectivity index (χ3n) is 4.91. The summed E-state index contributed by atoms with van der Waals surface area (Å²) in [7, 11) is 0. The number of hydrogen-bond acceptors (Lipinski definition) is 2. The van der Waals surface area contributed by atoms with Gasteiger partial charge >= 0.3 is 0 Å². The van der Waals surface area contributed by atoms with Crippen molar-refractivity contribution in [3.63, 3.8) is 0 Å². The summed E-state index contributed by atoms with van der Waals surface area (Å²) in [6.45, 7) is 0. The van der Waals surface area contributed by atoms with E-state index in [1.807, 2.05) is 0 Å². The standard InChI is InChI=1S/C18H26N2O.ClH/c19-16-7-9-17(10-8-16)20-18(21)12-13-5-6-14-3-1-2-4-15(14)11-13;/h5-6,11,16-17H,1-4,7-10,12,19H2,(H,20,21);1H. The zero-order chi connectivity index (χ0) is 14.7. The molecular formula is C18H27ClN2O. The van der Waals surface area contributed by atoms with Crippen molar-refractivity contribution in [3.05, 3.63) is 34.9 Å². The highest BCUT2D eigenvalue weighted by Gasteiger charge is 2.20. The van der Waals surface area contributed by atoms with E-state index in [4.69, 9.17) is 5.73 Å². The van der Waals surface area contributed by atoms with E-state index in [2.05, 4.69) is 23.5 Å². The fraction of sp³-hybridized carbons (Fsp3) is 0.611. The van der Waals surface area contributed by atoms with Crippen molar-refractivity contribution in [2.24, 2.45) is 5.73 Å². The monoisotopic (exact) mass is 322 g/mol. The number of halogens is 1. The first-order valence-electron chi connectivity index (χ1n) is 8.36. The fourth-order valence-corrected chi connectivity index (χ4v) is 3.62. The number of fused-ring (bicyclic) bond motifs is 1. The van der Waals surface area contributed by atoms with E-state index in [1.54, 1.807) is 0 Å². The molecule has 3 nitrogen and oxygen atoms in total. The predicted molar refractivity (Wildman–Crippen MR) is 92.4 cm³/mol. The Labute approximate surface area is 139 Å². The second kappa shape index (κ2) is 7.98. The topological polar surface area (TPSA) is 55.1 Å². The highest BCUT2D eigenvalue weighted by molar-refractivity contribution is 5.85. The van der Waals surface area contributed by atoms with Crippen molar-refractivity contribution in [2.75, 3.05) is 0 Å². The number of carbonyl (C=O) groups is 1. The van der Waals surface area contributed by atoms with Crippen LogP contribution in [0.3, 0.4) is 0 Å². The van der Waals surface area contributed by atoms with Crippen molar-refractivity contribution in [2.45, 2.75) is 69.9 Å². The number of rotatable bonds is 3. The van der Waals surface area contributed by atoms with Gasteiger partial charge in [-0.3, -0.25) is 4.79 Å². The zero-order valence-electron chi connectivity index (χ0n) is 13.1. The van der Waals surface area contributed by atoms with Gasteiger partial charge in [-0.15, -0.1) is 12.4 Å². The van der Waals surface area contributed by atoms with Gasteiger partial charge in [-0.25, -0.2) is 0 Å². The van der Waals surface area contributed by atoms with Crippen molar-refractivity contribution in [1.29, 1.82) is 0 Å². The first-order valence-corrected chi connectivity index (χ1v) is 8.36. The van der Waals surface area contributed by atoms with Crippen LogP contribution in [-0.2, 0) is 24.1 Å². The molecule has 0 heterocycles. The number of hydrogen-bond donors (Lipinski definition) is 2. The minimum Gasteiger partial charge on any atom is -0.353 e. The maximum atomic E-state index is 12.2. The Kier molecular flexibility index (Phi) is 6.27. The fourth-order valence-electron chi connectivity index (χ4n) is 3.62. The van der Waals surface area contributed by atoms with Crippen LogP contribution in [0.4, 0.5) is 0 Å². The molecule has 0 aromatic heterocycles. The molecule has 1 saturated carbocycles. The lowest BCUT2D eigenvalue weighted by atomic mass is 9.89. The molecule has 2 aliphatic carbocycles. The molecule has 0 spiro atoms. The molecule has 0 radical (unpaired) electrons. The lowest BCUT2D eigenvalue weighted by Gasteiger charge is -2.26. The molecule has 0 unspecified atom stereocenters. The van der Waals surface area contributed by atoms with E-state index in [-0.39, 0.29) is 18.3 Å². The molecular weight excluding hydrogens is 296 g/mol. The summed E-state index contributed by atoms with van der Waals surface area (Å²) in [5, 5.41) is 3.17. The van der Waals surface area contributed by atoms with Crippen LogP contribution in [0.25, 0.3) is 0 Å². The Morgan fingerprint density at radius 2 is 1.77 bits per heavy atom. The van der Waals surface area contributed by atoms with Crippen LogP contribution in [0, 0.1) is 0 Å². The minimum absolute atomic E-state index is 0. The van der Waals surface area contributed by atoms with Gasteiger partial charge < -0.3 is 11.1 Å². The third kappa shape index (κ3) is 4.47. The van der Waals surface area contributed by atoms with Gasteiger partial charge in [-0.05, 0) is 68.1 Å². The molecule has 0 aliphatic heterocycles. The second-order valence-corrected chi connectivity index (χ2v) is 6.67. The lowest BCUT2D eigenvalue weighted by Crippen LogP contribution is -2.41. The highest BCUT2D eigenvalue weighted by Crippen LogP contribution is 2.22. The summed E-state index contributed by atoms with van der Waals surface area (Å²) in [6, 6.07) is 7.25. The normalized spacial score (nSPS) is 24.0. The Morgan fingerprint density at radius 3 is 2.50 bits per heavy atom. The molecule has 1 aromatic rings. The van der Waals surface area contributed by atoms with Gasteiger partial charge in [0.15, 0.2) is 0 Å². The average Bonchev–Trinajstić information content (AvgIpc) is 2.49. The van der Waals surface area contributed by atoms with Gasteiger partial charge in [-0.1, -0.05) is 18.2 Å². The molecule has 3 rings (SSSR count). The van der Waals surface area contributed by atoms with Crippen LogP contribution < -0.4 is 11.1 Å². The van der Waals surface area contributed by atoms with Crippen molar-refractivity contribution >= 4 is 18.3 Å². The molecule has 1 aromatic carbocycles. The number of aryl methyl sites for hydroxylation is 2. The van der Waals surface area contributed by atoms with E-state index in [1.165, 1.54) is 36.8 Å². The summed E-state index contributed by atoms with van der Waals surface area (Å²) >= 11 is 0. The molecule has 0 bridgehead atoms. The largest absolute Gasteiger partial charge is 0.353 e. The molecule has 22 heavy (non-hydrogen) atoms. The second-order valence-electron chi connectivity index (χ2n) is 6.67. The Hall–Kier alpha value is -1.06. The van der Waals surface area contributed by atoms with Crippen LogP contribution in [0.1, 0.15) is 55.2 Å². The van der Waals surface area contributed by atoms with Gasteiger partial charge in [0.2, 0.25) is 5.91 Å². The van der Waals surface area contributed by atoms with Gasteiger partial charge in [0.25, 0.3) is 0 Å². The molecule has 1 fully saturated rings. The van der Waals surface area contributed by atoms with Crippen LogP contribution in [-0.4, -0.2) is 18.0 Å². The summed E-state index contributed by atoms with van der Waals surface area (Å²) in [4.78, 5) is 12.2. The van der Waals surface area contributed by atoms with E-state index in [0.717, 1.165) is 31.2 Å². The maximum absolute atomic E-state index is 12.2. The molecule has 0 saturated heterocycles. The molecule has 1 amide bonds. The number of amides is 1. The van der Waals surface area contributed by atoms with E-state index >= 15 is 0 Å². The summed E-state index contributed by atoms with van der Waals surface area (Å²) < 4.78 is 0. The van der Waals surface area contributed by atoms with Crippen molar-refractivity contribution in [3.8, 4) is 0 Å². The Balaban J connectivity index is 0.00000176. The van der Waals surface area contributed by atoms with Crippen LogP contribution in [0.2, 0.25) is 0 Å². The zero-order valence-corrected chi connectivity index (χ0v) is 14.0. The van der Waals surface area contributed by atoms with Gasteiger partial charge in [-0.2, -0.15) is 0 Å². The summed E-state index contributed by atoms with van der Waals surface area (Å²) in [5.41, 5.74) is 9.99. The summed E-state index contributed by atoms with van der Waals surface area (Å²) in [5.74, 6) is 0.159. The van der Waals surface area contributed by atoms with Gasteiger partial charge in [0, 0.05) is 12.1 Å². The van der Waals surface area contributed by atoms with Crippen molar-refractivity contribution in [1.82, 2.24) is 5.32 Å². The molecule has 4 heteroatoms. The molecule has 2 aliphatic rings. The first kappa shape index (κ1) is 17.3. The first-order chi connectivity index (χ1) is 10.2. The van der Waals surface area contributed by atoms with Crippen molar-refractivity contribution < 1.29 is 4.79 Å². The highest BCUT2D eigenvalue weighted by atomic mass is 35.5. The summed E-state index contributed by atoms with van der Waals surface area (Å²) in [6.07, 6.45) is 9.58. The SMILES string of the molecule is Cl.NC1CCC(NC(=O)Cc2ccc3c(c2)CCCC3)CC1. The minimum atomic E-state index is 0. The van der Waals surface area contributed by atoms with Gasteiger partial charge in [0.05, 0.1) is 6.42 Å². The maximum Gasteiger partial charge on any atom is 0.224 e. The van der Waals surface area contributed by atoms with E-state index < -0.39 is 0 Å². The third-order valence-corrected chi connectivity index (χ3v) is 4.91. The Morgan fingerprint density at radius 1 is 1.09 bits per heavy atom. The number of nitrogens with two attached hydrogens (primary N) is 1. The average molecular weight is 323 g/mol. The quantitative estimate of drug-likeness (QED) is 0.899. The van der Waals surface area contributed by atoms with Crippen LogP contribution in [0.5, 0.6) is 0 Å². The van der Waals surface area contributed by atoms with E-state index in [9.17, 15) is 4.79 Å².